The fourth-order valence-corrected chi connectivity index (χ4v) is 4.51. The molecule has 0 bridgehead atoms. The maximum Gasteiger partial charge on any atom is 0.149 e. The monoisotopic (exact) mass is 535 g/mol. The third kappa shape index (κ3) is 4.85. The molecule has 0 N–H and O–H groups in total. The van der Waals surface area contributed by atoms with Crippen molar-refractivity contribution in [3.8, 4) is 0 Å². The molecule has 0 aliphatic heterocycles. The second-order valence-electron chi connectivity index (χ2n) is 6.90. The van der Waals surface area contributed by atoms with Gasteiger partial charge in [0, 0.05) is 91.5 Å². The summed E-state index contributed by atoms with van der Waals surface area (Å²) in [5.74, 6) is 0. The van der Waals surface area contributed by atoms with Crippen LogP contribution in [-0.4, -0.2) is 71.3 Å². The van der Waals surface area contributed by atoms with E-state index in [0.717, 1.165) is 27.2 Å². The van der Waals surface area contributed by atoms with Gasteiger partial charge in [0.05, 0.1) is 31.6 Å². The standard InChI is InChI=1S/C12H4Cl4N2.C12H8N2.K/c13-6-4-5-2-1-3-17-10(5)11-7(6)8(14)9(15)12(16)18-11;1-3-9-5-6-10-4-2-8-14-12(10)11(9)13-7-1;/h1-4H;1-8H;. The van der Waals surface area contributed by atoms with Crippen LogP contribution in [0.1, 0.15) is 0 Å². The molecule has 4 heterocycles. The number of pyridine rings is 4. The zero-order chi connectivity index (χ0) is 22.2. The normalized spacial score (nSPS) is 10.8. The van der Waals surface area contributed by atoms with Gasteiger partial charge in [0.1, 0.15) is 10.7 Å². The molecule has 2 aromatic carbocycles. The summed E-state index contributed by atoms with van der Waals surface area (Å²) < 4.78 is 0. The van der Waals surface area contributed by atoms with Crippen LogP contribution in [0.4, 0.5) is 0 Å². The Labute approximate surface area is 251 Å². The Hall–Kier alpha value is -1.12. The molecule has 0 atom stereocenters. The summed E-state index contributed by atoms with van der Waals surface area (Å²) >= 11 is 24.3. The quantitative estimate of drug-likeness (QED) is 0.113. The van der Waals surface area contributed by atoms with E-state index in [1.54, 1.807) is 24.7 Å². The molecule has 0 saturated carbocycles. The SMILES string of the molecule is Clc1nc2c(c(Cl)cc3cccnc32)c(Cl)c1Cl.[K].c1cnc2c(c1)ccc1cccnc12. The van der Waals surface area contributed by atoms with Crippen molar-refractivity contribution in [2.45, 2.75) is 0 Å². The topological polar surface area (TPSA) is 51.6 Å². The minimum Gasteiger partial charge on any atom is -0.254 e. The third-order valence-electron chi connectivity index (χ3n) is 4.97. The predicted molar refractivity (Wildman–Crippen MR) is 140 cm³/mol. The molecule has 4 aromatic heterocycles. The Morgan fingerprint density at radius 2 is 1.03 bits per heavy atom. The van der Waals surface area contributed by atoms with Crippen molar-refractivity contribution in [2.24, 2.45) is 0 Å². The average molecular weight is 537 g/mol. The van der Waals surface area contributed by atoms with E-state index in [1.807, 2.05) is 24.3 Å². The smallest absolute Gasteiger partial charge is 0.149 e. The van der Waals surface area contributed by atoms with Gasteiger partial charge in [-0.1, -0.05) is 76.7 Å². The third-order valence-corrected chi connectivity index (χ3v) is 6.48. The maximum atomic E-state index is 6.21. The fraction of sp³-hybridized carbons (Fsp3) is 0. The van der Waals surface area contributed by atoms with Gasteiger partial charge < -0.3 is 0 Å². The molecular weight excluding hydrogens is 525 g/mol. The van der Waals surface area contributed by atoms with Crippen LogP contribution in [0.3, 0.4) is 0 Å². The Balaban J connectivity index is 0.000000157. The van der Waals surface area contributed by atoms with Crippen LogP contribution in [0.25, 0.3) is 43.6 Å². The van der Waals surface area contributed by atoms with Crippen LogP contribution in [0.5, 0.6) is 0 Å². The summed E-state index contributed by atoms with van der Waals surface area (Å²) in [6, 6.07) is 17.6. The molecule has 0 fully saturated rings. The molecule has 0 aliphatic carbocycles. The first-order valence-electron chi connectivity index (χ1n) is 9.50. The predicted octanol–water partition coefficient (Wildman–Crippen LogP) is 7.80. The van der Waals surface area contributed by atoms with Gasteiger partial charge in [0.25, 0.3) is 0 Å². The second-order valence-corrected chi connectivity index (χ2v) is 8.42. The minimum absolute atomic E-state index is 0. The molecule has 4 nitrogen and oxygen atoms in total. The van der Waals surface area contributed by atoms with Gasteiger partial charge in [-0.15, -0.1) is 0 Å². The number of hydrogen-bond donors (Lipinski definition) is 0. The molecule has 0 unspecified atom stereocenters. The molecule has 6 aromatic rings. The van der Waals surface area contributed by atoms with Crippen molar-refractivity contribution in [1.29, 1.82) is 0 Å². The van der Waals surface area contributed by atoms with Gasteiger partial charge in [0.15, 0.2) is 0 Å². The van der Waals surface area contributed by atoms with E-state index < -0.39 is 0 Å². The van der Waals surface area contributed by atoms with Crippen LogP contribution in [0.2, 0.25) is 20.2 Å². The van der Waals surface area contributed by atoms with E-state index in [-0.39, 0.29) is 61.6 Å². The Kier molecular flexibility index (Phi) is 8.06. The molecule has 6 rings (SSSR count). The first kappa shape index (κ1) is 25.0. The van der Waals surface area contributed by atoms with Gasteiger partial charge in [-0.2, -0.15) is 0 Å². The summed E-state index contributed by atoms with van der Waals surface area (Å²) in [5, 5.41) is 4.82. The van der Waals surface area contributed by atoms with Gasteiger partial charge in [-0.05, 0) is 24.3 Å². The van der Waals surface area contributed by atoms with E-state index in [2.05, 4.69) is 44.2 Å². The zero-order valence-corrected chi connectivity index (χ0v) is 23.4. The zero-order valence-electron chi connectivity index (χ0n) is 17.2. The van der Waals surface area contributed by atoms with Gasteiger partial charge >= 0.3 is 0 Å². The molecule has 1 radical (unpaired) electrons. The number of fused-ring (bicyclic) bond motifs is 6. The van der Waals surface area contributed by atoms with Crippen molar-refractivity contribution in [3.05, 3.63) is 93.4 Å². The van der Waals surface area contributed by atoms with Crippen LogP contribution in [0.15, 0.2) is 73.2 Å². The largest absolute Gasteiger partial charge is 0.254 e. The van der Waals surface area contributed by atoms with Gasteiger partial charge in [0.2, 0.25) is 0 Å². The van der Waals surface area contributed by atoms with Crippen LogP contribution in [-0.2, 0) is 0 Å². The van der Waals surface area contributed by atoms with Gasteiger partial charge in [-0.25, -0.2) is 4.98 Å². The summed E-state index contributed by atoms with van der Waals surface area (Å²) in [5.41, 5.74) is 3.20. The van der Waals surface area contributed by atoms with Crippen molar-refractivity contribution >= 4 is 141 Å². The van der Waals surface area contributed by atoms with Crippen LogP contribution in [0, 0.1) is 0 Å². The first-order valence-corrected chi connectivity index (χ1v) is 11.0. The van der Waals surface area contributed by atoms with Crippen molar-refractivity contribution in [2.75, 3.05) is 0 Å². The average Bonchev–Trinajstić information content (AvgIpc) is 2.83. The summed E-state index contributed by atoms with van der Waals surface area (Å²) in [7, 11) is 0. The van der Waals surface area contributed by atoms with E-state index in [0.29, 0.717) is 26.5 Å². The minimum atomic E-state index is 0. The first-order chi connectivity index (χ1) is 15.5. The molecule has 0 amide bonds. The van der Waals surface area contributed by atoms with E-state index in [1.165, 1.54) is 0 Å². The van der Waals surface area contributed by atoms with Crippen LogP contribution >= 0.6 is 46.4 Å². The number of nitrogens with zero attached hydrogens (tertiary/aromatic N) is 4. The number of hydrogen-bond acceptors (Lipinski definition) is 4. The molecule has 33 heavy (non-hydrogen) atoms. The Morgan fingerprint density at radius 3 is 1.58 bits per heavy atom. The summed E-state index contributed by atoms with van der Waals surface area (Å²) in [6.07, 6.45) is 5.28. The van der Waals surface area contributed by atoms with Crippen LogP contribution < -0.4 is 0 Å². The summed E-state index contributed by atoms with van der Waals surface area (Å²) in [4.78, 5) is 17.2. The molecule has 0 spiro atoms. The molecule has 0 saturated heterocycles. The number of benzene rings is 2. The summed E-state index contributed by atoms with van der Waals surface area (Å²) in [6.45, 7) is 0. The molecular formula is C24H12Cl4KN4. The van der Waals surface area contributed by atoms with Crippen molar-refractivity contribution < 1.29 is 0 Å². The number of halogens is 4. The fourth-order valence-electron chi connectivity index (χ4n) is 3.52. The van der Waals surface area contributed by atoms with Crippen molar-refractivity contribution in [1.82, 2.24) is 19.9 Å². The molecule has 9 heteroatoms. The Morgan fingerprint density at radius 1 is 0.545 bits per heavy atom. The number of rotatable bonds is 0. The van der Waals surface area contributed by atoms with Crippen molar-refractivity contribution in [3.63, 3.8) is 0 Å². The molecule has 0 aliphatic rings. The Bertz CT molecular complexity index is 1590. The molecule has 157 valence electrons. The maximum absolute atomic E-state index is 6.21. The second kappa shape index (κ2) is 10.6. The van der Waals surface area contributed by atoms with E-state index in [9.17, 15) is 0 Å². The van der Waals surface area contributed by atoms with E-state index >= 15 is 0 Å². The number of aromatic nitrogens is 4. The van der Waals surface area contributed by atoms with Gasteiger partial charge in [-0.3, -0.25) is 15.0 Å². The van der Waals surface area contributed by atoms with E-state index in [4.69, 9.17) is 46.4 Å².